The van der Waals surface area contributed by atoms with Crippen LogP contribution in [0.15, 0.2) is 0 Å². The number of alkyl halides is 1. The number of hydrogen-bond donors (Lipinski definition) is 2. The van der Waals surface area contributed by atoms with Crippen molar-refractivity contribution in [1.82, 2.24) is 0 Å². The summed E-state index contributed by atoms with van der Waals surface area (Å²) in [5.41, 5.74) is 0.0294. The van der Waals surface area contributed by atoms with Gasteiger partial charge in [-0.25, -0.2) is 4.39 Å². The van der Waals surface area contributed by atoms with Crippen molar-refractivity contribution >= 4 is 5.97 Å². The molecule has 0 aliphatic heterocycles. The van der Waals surface area contributed by atoms with Crippen molar-refractivity contribution in [3.63, 3.8) is 0 Å². The first-order valence-electron chi connectivity index (χ1n) is 13.2. The number of esters is 1. The molecular formula is C27H45FO4. The van der Waals surface area contributed by atoms with E-state index in [2.05, 4.69) is 27.7 Å². The van der Waals surface area contributed by atoms with E-state index in [0.717, 1.165) is 38.5 Å². The molecule has 0 aromatic rings. The molecule has 0 aromatic heterocycles. The van der Waals surface area contributed by atoms with E-state index in [-0.39, 0.29) is 40.7 Å². The molecule has 0 aromatic carbocycles. The van der Waals surface area contributed by atoms with Crippen LogP contribution >= 0.6 is 0 Å². The van der Waals surface area contributed by atoms with Crippen molar-refractivity contribution in [1.29, 1.82) is 0 Å². The third kappa shape index (κ3) is 3.65. The van der Waals surface area contributed by atoms with Crippen LogP contribution in [0.3, 0.4) is 0 Å². The van der Waals surface area contributed by atoms with Crippen molar-refractivity contribution in [2.24, 2.45) is 52.3 Å². The van der Waals surface area contributed by atoms with Crippen LogP contribution in [0.4, 0.5) is 4.39 Å². The van der Waals surface area contributed by atoms with E-state index in [1.807, 2.05) is 0 Å². The minimum Gasteiger partial charge on any atom is -0.469 e. The smallest absolute Gasteiger partial charge is 0.305 e. The number of ether oxygens (including phenoxy) is 1. The fraction of sp³-hybridized carbons (Fsp3) is 0.963. The van der Waals surface area contributed by atoms with Gasteiger partial charge in [-0.2, -0.15) is 0 Å². The molecule has 0 saturated heterocycles. The Hall–Kier alpha value is -0.680. The van der Waals surface area contributed by atoms with Crippen LogP contribution in [0.2, 0.25) is 0 Å². The van der Waals surface area contributed by atoms with Crippen LogP contribution < -0.4 is 0 Å². The zero-order chi connectivity index (χ0) is 23.4. The maximum Gasteiger partial charge on any atom is 0.305 e. The molecule has 0 unspecified atom stereocenters. The molecule has 4 aliphatic rings. The number of carbonyl (C=O) groups excluding carboxylic acids is 1. The van der Waals surface area contributed by atoms with Gasteiger partial charge >= 0.3 is 5.97 Å². The number of fused-ring (bicyclic) bond motifs is 5. The second-order valence-corrected chi connectivity index (χ2v) is 12.3. The zero-order valence-corrected chi connectivity index (χ0v) is 20.7. The Labute approximate surface area is 193 Å². The van der Waals surface area contributed by atoms with Gasteiger partial charge in [0.05, 0.1) is 19.3 Å². The van der Waals surface area contributed by atoms with Gasteiger partial charge in [0, 0.05) is 6.42 Å². The molecule has 184 valence electrons. The number of halogens is 1. The highest BCUT2D eigenvalue weighted by atomic mass is 19.1. The van der Waals surface area contributed by atoms with Gasteiger partial charge in [0.15, 0.2) is 0 Å². The fourth-order valence-corrected chi connectivity index (χ4v) is 9.59. The lowest BCUT2D eigenvalue weighted by Gasteiger charge is -2.65. The molecule has 2 N–H and O–H groups in total. The second-order valence-electron chi connectivity index (χ2n) is 12.3. The predicted octanol–water partition coefficient (Wildman–Crippen LogP) is 5.15. The minimum atomic E-state index is -1.15. The van der Waals surface area contributed by atoms with Gasteiger partial charge in [0.1, 0.15) is 6.17 Å². The van der Waals surface area contributed by atoms with E-state index in [1.54, 1.807) is 0 Å². The topological polar surface area (TPSA) is 66.8 Å². The van der Waals surface area contributed by atoms with Crippen molar-refractivity contribution in [2.45, 2.75) is 104 Å². The van der Waals surface area contributed by atoms with Crippen molar-refractivity contribution in [3.8, 4) is 0 Å². The van der Waals surface area contributed by atoms with E-state index in [0.29, 0.717) is 42.9 Å². The Morgan fingerprint density at radius 3 is 2.47 bits per heavy atom. The second kappa shape index (κ2) is 8.83. The average Bonchev–Trinajstić information content (AvgIpc) is 3.11. The monoisotopic (exact) mass is 452 g/mol. The number of aliphatic hydroxyl groups excluding tert-OH is 2. The molecule has 5 heteroatoms. The maximum atomic E-state index is 14.8. The molecule has 12 atom stereocenters. The minimum absolute atomic E-state index is 0.132. The van der Waals surface area contributed by atoms with Crippen molar-refractivity contribution in [2.75, 3.05) is 7.11 Å². The van der Waals surface area contributed by atoms with E-state index < -0.39 is 12.3 Å². The summed E-state index contributed by atoms with van der Waals surface area (Å²) < 4.78 is 19.7. The molecule has 4 nitrogen and oxygen atoms in total. The van der Waals surface area contributed by atoms with E-state index in [9.17, 15) is 19.4 Å². The SMILES string of the molecule is CC[C@H]1[C@@H](O)[C@@H]2[C@H](CC[C@]3(C)[C@@H]([C@H](C)CCC(=O)OC)CC[C@@H]23)[C@@]2(C)C[C@H](F)[C@H](O)C[C@@H]12. The summed E-state index contributed by atoms with van der Waals surface area (Å²) in [6.45, 7) is 9.14. The van der Waals surface area contributed by atoms with Crippen LogP contribution in [-0.4, -0.2) is 41.7 Å². The van der Waals surface area contributed by atoms with Gasteiger partial charge in [0.25, 0.3) is 0 Å². The third-order valence-corrected chi connectivity index (χ3v) is 11.2. The quantitative estimate of drug-likeness (QED) is 0.566. The summed E-state index contributed by atoms with van der Waals surface area (Å²) in [7, 11) is 1.45. The molecule has 0 amide bonds. The molecular weight excluding hydrogens is 407 g/mol. The molecule has 4 rings (SSSR count). The molecule has 0 heterocycles. The molecule has 4 fully saturated rings. The largest absolute Gasteiger partial charge is 0.469 e. The Bertz CT molecular complexity index is 699. The Morgan fingerprint density at radius 2 is 1.81 bits per heavy atom. The number of rotatable bonds is 5. The van der Waals surface area contributed by atoms with Crippen LogP contribution in [0.25, 0.3) is 0 Å². The lowest BCUT2D eigenvalue weighted by Crippen LogP contribution is -2.63. The lowest BCUT2D eigenvalue weighted by atomic mass is 9.41. The first-order chi connectivity index (χ1) is 15.1. The van der Waals surface area contributed by atoms with E-state index >= 15 is 0 Å². The molecule has 0 spiro atoms. The Balaban J connectivity index is 1.60. The van der Waals surface area contributed by atoms with E-state index in [4.69, 9.17) is 4.74 Å². The number of carbonyl (C=O) groups is 1. The molecule has 4 saturated carbocycles. The van der Waals surface area contributed by atoms with Gasteiger partial charge in [-0.1, -0.05) is 34.1 Å². The standard InChI is InChI=1S/C27H45FO4/c1-6-16-20-13-22(29)21(28)14-27(20,4)19-11-12-26(3)17(15(2)7-10-23(30)32-5)8-9-18(26)24(19)25(16)31/h15-22,24-25,29,31H,6-14H2,1-5H3/t15-,16-,17-,18+,19+,20+,21+,22-,24+,25-,26-,27-/m1/s1. The molecule has 0 bridgehead atoms. The Kier molecular flexibility index (Phi) is 6.75. The first-order valence-corrected chi connectivity index (χ1v) is 13.2. The highest BCUT2D eigenvalue weighted by Gasteiger charge is 2.65. The summed E-state index contributed by atoms with van der Waals surface area (Å²) >= 11 is 0. The number of aliphatic hydroxyl groups is 2. The van der Waals surface area contributed by atoms with Gasteiger partial charge in [-0.05, 0) is 97.2 Å². The van der Waals surface area contributed by atoms with Crippen LogP contribution in [0.5, 0.6) is 0 Å². The van der Waals surface area contributed by atoms with Crippen LogP contribution in [0, 0.1) is 52.3 Å². The summed E-state index contributed by atoms with van der Waals surface area (Å²) in [5, 5.41) is 22.1. The van der Waals surface area contributed by atoms with Crippen molar-refractivity contribution < 1.29 is 24.1 Å². The normalized spacial score (nSPS) is 51.3. The first kappa shape index (κ1) is 24.4. The lowest BCUT2D eigenvalue weighted by molar-refractivity contribution is -0.213. The predicted molar refractivity (Wildman–Crippen MR) is 122 cm³/mol. The number of hydrogen-bond acceptors (Lipinski definition) is 4. The summed E-state index contributed by atoms with van der Waals surface area (Å²) in [5.74, 6) is 2.22. The zero-order valence-electron chi connectivity index (χ0n) is 20.7. The van der Waals surface area contributed by atoms with Crippen molar-refractivity contribution in [3.05, 3.63) is 0 Å². The van der Waals surface area contributed by atoms with E-state index in [1.165, 1.54) is 7.11 Å². The highest BCUT2D eigenvalue weighted by Crippen LogP contribution is 2.69. The van der Waals surface area contributed by atoms with Gasteiger partial charge in [0.2, 0.25) is 0 Å². The van der Waals surface area contributed by atoms with Gasteiger partial charge < -0.3 is 14.9 Å². The Morgan fingerprint density at radius 1 is 1.12 bits per heavy atom. The number of methoxy groups -OCH3 is 1. The summed E-state index contributed by atoms with van der Waals surface area (Å²) in [4.78, 5) is 11.7. The summed E-state index contributed by atoms with van der Waals surface area (Å²) in [6.07, 6.45) is 5.20. The third-order valence-electron chi connectivity index (χ3n) is 11.2. The molecule has 0 radical (unpaired) electrons. The fourth-order valence-electron chi connectivity index (χ4n) is 9.59. The molecule has 32 heavy (non-hydrogen) atoms. The average molecular weight is 453 g/mol. The van der Waals surface area contributed by atoms with Gasteiger partial charge in [-0.3, -0.25) is 4.79 Å². The maximum absolute atomic E-state index is 14.8. The molecule has 4 aliphatic carbocycles. The highest BCUT2D eigenvalue weighted by molar-refractivity contribution is 5.69. The van der Waals surface area contributed by atoms with Gasteiger partial charge in [-0.15, -0.1) is 0 Å². The summed E-state index contributed by atoms with van der Waals surface area (Å²) in [6, 6.07) is 0. The van der Waals surface area contributed by atoms with Crippen LogP contribution in [0.1, 0.15) is 85.5 Å². The van der Waals surface area contributed by atoms with Crippen LogP contribution in [-0.2, 0) is 9.53 Å².